The molecule has 4 aliphatic rings. The normalized spacial score (nSPS) is 42.8. The highest BCUT2D eigenvalue weighted by Gasteiger charge is 2.74. The van der Waals surface area contributed by atoms with Gasteiger partial charge < -0.3 is 34.5 Å². The summed E-state index contributed by atoms with van der Waals surface area (Å²) in [5.74, 6) is -4.57. The average molecular weight is 506 g/mol. The molecule has 10 heteroatoms. The molecule has 10 nitrogen and oxygen atoms in total. The number of Topliss-reactive ketones (excluding diaryl/α,β-unsaturated/α-hetero) is 1. The second-order valence-electron chi connectivity index (χ2n) is 10.5. The van der Waals surface area contributed by atoms with E-state index in [1.807, 2.05) is 26.8 Å². The summed E-state index contributed by atoms with van der Waals surface area (Å²) in [6.07, 6.45) is 2.78. The number of hydrogen-bond acceptors (Lipinski definition) is 9. The van der Waals surface area contributed by atoms with Crippen molar-refractivity contribution in [1.82, 2.24) is 5.32 Å². The number of aliphatic hydroxyl groups is 2. The summed E-state index contributed by atoms with van der Waals surface area (Å²) in [6, 6.07) is 0. The molecule has 4 unspecified atom stereocenters. The van der Waals surface area contributed by atoms with Gasteiger partial charge in [0.2, 0.25) is 5.79 Å². The molecule has 4 saturated heterocycles. The number of fused-ring (bicyclic) bond motifs is 1. The zero-order valence-corrected chi connectivity index (χ0v) is 21.4. The van der Waals surface area contributed by atoms with Crippen molar-refractivity contribution in [3.05, 3.63) is 35.1 Å². The maximum absolute atomic E-state index is 12.8. The quantitative estimate of drug-likeness (QED) is 0.167. The van der Waals surface area contributed by atoms with Gasteiger partial charge in [-0.15, -0.1) is 0 Å². The lowest BCUT2D eigenvalue weighted by Gasteiger charge is -2.58. The van der Waals surface area contributed by atoms with Crippen molar-refractivity contribution in [2.45, 2.75) is 76.8 Å². The Morgan fingerprint density at radius 3 is 2.53 bits per heavy atom. The minimum atomic E-state index is -1.41. The highest BCUT2D eigenvalue weighted by atomic mass is 16.8. The average Bonchev–Trinajstić information content (AvgIpc) is 3.25. The summed E-state index contributed by atoms with van der Waals surface area (Å²) in [5.41, 5.74) is -0.545. The van der Waals surface area contributed by atoms with Crippen molar-refractivity contribution < 1.29 is 43.5 Å². The molecule has 3 N–H and O–H groups in total. The first-order valence-electron chi connectivity index (χ1n) is 12.3. The second-order valence-corrected chi connectivity index (χ2v) is 10.5. The molecule has 2 bridgehead atoms. The van der Waals surface area contributed by atoms with Crippen molar-refractivity contribution in [2.75, 3.05) is 13.7 Å². The fourth-order valence-electron chi connectivity index (χ4n) is 6.20. The van der Waals surface area contributed by atoms with Crippen LogP contribution in [0.4, 0.5) is 0 Å². The molecule has 4 heterocycles. The van der Waals surface area contributed by atoms with Gasteiger partial charge in [-0.05, 0) is 26.8 Å². The standard InChI is InChI=1S/C26H35NO9/c1-12(7-8-16(28)19-18(30)11-27-23(19)31)9-13(2)21-14(3)22-17(29)10-25(5)26(35-21,36-22)20(15(4)34-25)24(32)33-6/h7-9,13-15,17,20-22,28-29H,10-11H2,1-6H3,(H,27,31)/b8-7+,12-9+,19-16?/t13?,14?,15-,17?,20-,21-,22?,25+,26-/m1/s1. The Morgan fingerprint density at radius 1 is 1.22 bits per heavy atom. The Balaban J connectivity index is 1.62. The largest absolute Gasteiger partial charge is 0.507 e. The first-order valence-corrected chi connectivity index (χ1v) is 12.3. The van der Waals surface area contributed by atoms with Gasteiger partial charge in [0, 0.05) is 18.3 Å². The number of rotatable bonds is 5. The fraction of sp³-hybridized carbons (Fsp3) is 0.654. The number of ketones is 1. The number of aliphatic hydroxyl groups excluding tert-OH is 2. The molecule has 0 saturated carbocycles. The van der Waals surface area contributed by atoms with E-state index < -0.39 is 65.1 Å². The van der Waals surface area contributed by atoms with E-state index in [0.717, 1.165) is 5.57 Å². The SMILES string of the molecule is COC(=O)[C@H]1[C@@H](C)O[C@@]2(C)CC(O)C3O[C@]12O[C@H](C(C)/C=C(C)/C=C/C(O)=C1C(=O)CNC1=O)C3C. The van der Waals surface area contributed by atoms with Crippen molar-refractivity contribution in [1.29, 1.82) is 0 Å². The minimum absolute atomic E-state index is 0.126. The van der Waals surface area contributed by atoms with E-state index >= 15 is 0 Å². The molecule has 1 spiro atoms. The van der Waals surface area contributed by atoms with Crippen LogP contribution in [-0.4, -0.2) is 77.3 Å². The van der Waals surface area contributed by atoms with E-state index in [0.29, 0.717) is 0 Å². The van der Waals surface area contributed by atoms with E-state index in [1.165, 1.54) is 13.2 Å². The van der Waals surface area contributed by atoms with E-state index in [4.69, 9.17) is 18.9 Å². The van der Waals surface area contributed by atoms with Crippen molar-refractivity contribution >= 4 is 17.7 Å². The molecule has 9 atom stereocenters. The molecule has 4 fully saturated rings. The van der Waals surface area contributed by atoms with Crippen LogP contribution in [0.3, 0.4) is 0 Å². The van der Waals surface area contributed by atoms with Crippen molar-refractivity contribution in [3.63, 3.8) is 0 Å². The van der Waals surface area contributed by atoms with Gasteiger partial charge in [-0.2, -0.15) is 0 Å². The van der Waals surface area contributed by atoms with E-state index in [2.05, 4.69) is 5.32 Å². The van der Waals surface area contributed by atoms with Gasteiger partial charge >= 0.3 is 5.97 Å². The minimum Gasteiger partial charge on any atom is -0.507 e. The van der Waals surface area contributed by atoms with Gasteiger partial charge in [-0.3, -0.25) is 14.4 Å². The summed E-state index contributed by atoms with van der Waals surface area (Å²) in [6.45, 7) is 9.16. The molecular weight excluding hydrogens is 470 g/mol. The Hall–Kier alpha value is -2.53. The topological polar surface area (TPSA) is 141 Å². The molecule has 0 aromatic rings. The zero-order chi connectivity index (χ0) is 26.6. The number of nitrogens with one attached hydrogen (secondary N) is 1. The highest BCUT2D eigenvalue weighted by Crippen LogP contribution is 2.58. The molecule has 36 heavy (non-hydrogen) atoms. The zero-order valence-electron chi connectivity index (χ0n) is 21.4. The molecular formula is C26H35NO9. The lowest BCUT2D eigenvalue weighted by atomic mass is 9.72. The number of carbonyl (C=O) groups is 3. The number of ether oxygens (including phenoxy) is 4. The van der Waals surface area contributed by atoms with E-state index in [-0.39, 0.29) is 30.4 Å². The Bertz CT molecular complexity index is 1030. The molecule has 4 rings (SSSR count). The van der Waals surface area contributed by atoms with Crippen molar-refractivity contribution in [3.8, 4) is 0 Å². The Labute approximate surface area is 210 Å². The lowest BCUT2D eigenvalue weighted by Crippen LogP contribution is -2.72. The number of amides is 1. The molecule has 1 amide bonds. The first kappa shape index (κ1) is 26.5. The number of hydrogen-bond donors (Lipinski definition) is 3. The van der Waals surface area contributed by atoms with Crippen LogP contribution in [-0.2, 0) is 33.3 Å². The van der Waals surface area contributed by atoms with Gasteiger partial charge in [-0.25, -0.2) is 0 Å². The summed E-state index contributed by atoms with van der Waals surface area (Å²) < 4.78 is 24.3. The highest BCUT2D eigenvalue weighted by molar-refractivity contribution is 6.25. The predicted molar refractivity (Wildman–Crippen MR) is 126 cm³/mol. The monoisotopic (exact) mass is 505 g/mol. The molecule has 0 aromatic heterocycles. The fourth-order valence-corrected chi connectivity index (χ4v) is 6.20. The number of esters is 1. The van der Waals surface area contributed by atoms with Crippen LogP contribution in [0.25, 0.3) is 0 Å². The van der Waals surface area contributed by atoms with Gasteiger partial charge in [0.15, 0.2) is 5.78 Å². The first-order chi connectivity index (χ1) is 16.8. The maximum Gasteiger partial charge on any atom is 0.316 e. The predicted octanol–water partition coefficient (Wildman–Crippen LogP) is 1.48. The third-order valence-electron chi connectivity index (χ3n) is 7.87. The summed E-state index contributed by atoms with van der Waals surface area (Å²) in [5, 5.41) is 23.5. The van der Waals surface area contributed by atoms with Crippen LogP contribution in [0.1, 0.15) is 41.0 Å². The summed E-state index contributed by atoms with van der Waals surface area (Å²) in [4.78, 5) is 36.4. The van der Waals surface area contributed by atoms with Crippen LogP contribution >= 0.6 is 0 Å². The molecule has 0 aliphatic carbocycles. The van der Waals surface area contributed by atoms with Crippen LogP contribution in [0.5, 0.6) is 0 Å². The van der Waals surface area contributed by atoms with E-state index in [1.54, 1.807) is 19.9 Å². The molecule has 0 aromatic carbocycles. The lowest BCUT2D eigenvalue weighted by molar-refractivity contribution is -0.417. The third kappa shape index (κ3) is 4.09. The van der Waals surface area contributed by atoms with E-state index in [9.17, 15) is 24.6 Å². The van der Waals surface area contributed by atoms with Gasteiger partial charge in [0.25, 0.3) is 5.91 Å². The molecule has 0 radical (unpaired) electrons. The number of allylic oxidation sites excluding steroid dienone is 3. The summed E-state index contributed by atoms with van der Waals surface area (Å²) >= 11 is 0. The Kier molecular flexibility index (Phi) is 6.93. The summed E-state index contributed by atoms with van der Waals surface area (Å²) in [7, 11) is 1.31. The van der Waals surface area contributed by atoms with Gasteiger partial charge in [-0.1, -0.05) is 31.6 Å². The molecule has 198 valence electrons. The number of carbonyl (C=O) groups excluding carboxylic acids is 3. The van der Waals surface area contributed by atoms with Crippen LogP contribution < -0.4 is 5.32 Å². The van der Waals surface area contributed by atoms with Crippen LogP contribution in [0.2, 0.25) is 0 Å². The second kappa shape index (κ2) is 9.41. The smallest absolute Gasteiger partial charge is 0.316 e. The maximum atomic E-state index is 12.8. The number of methoxy groups -OCH3 is 1. The Morgan fingerprint density at radius 2 is 1.92 bits per heavy atom. The van der Waals surface area contributed by atoms with Gasteiger partial charge in [0.1, 0.15) is 22.9 Å². The van der Waals surface area contributed by atoms with Crippen molar-refractivity contribution in [2.24, 2.45) is 17.8 Å². The van der Waals surface area contributed by atoms with Crippen LogP contribution in [0, 0.1) is 17.8 Å². The van der Waals surface area contributed by atoms with Crippen LogP contribution in [0.15, 0.2) is 35.1 Å². The molecule has 4 aliphatic heterocycles. The third-order valence-corrected chi connectivity index (χ3v) is 7.87. The van der Waals surface area contributed by atoms with Gasteiger partial charge in [0.05, 0.1) is 38.1 Å².